The summed E-state index contributed by atoms with van der Waals surface area (Å²) in [5.41, 5.74) is 4.91. The first-order valence-electron chi connectivity index (χ1n) is 5.97. The molecule has 1 aromatic heterocycles. The number of hydrogen-bond donors (Lipinski definition) is 1. The summed E-state index contributed by atoms with van der Waals surface area (Å²) in [6.07, 6.45) is 1.12. The molecule has 0 saturated carbocycles. The first kappa shape index (κ1) is 12.1. The molecule has 0 fully saturated rings. The Morgan fingerprint density at radius 2 is 2.06 bits per heavy atom. The normalized spacial score (nSPS) is 10.5. The van der Waals surface area contributed by atoms with Crippen LogP contribution in [0, 0.1) is 13.8 Å². The number of hydrogen-bond acceptors (Lipinski definition) is 3. The lowest BCUT2D eigenvalue weighted by molar-refractivity contribution is 0.976. The summed E-state index contributed by atoms with van der Waals surface area (Å²) in [6.45, 7) is 7.42. The average Bonchev–Trinajstić information content (AvgIpc) is 2.79. The Kier molecular flexibility index (Phi) is 3.79. The number of nitrogens with one attached hydrogen (secondary N) is 1. The highest BCUT2D eigenvalue weighted by molar-refractivity contribution is 7.14. The van der Waals surface area contributed by atoms with Crippen molar-refractivity contribution in [2.24, 2.45) is 0 Å². The van der Waals surface area contributed by atoms with E-state index < -0.39 is 0 Å². The predicted octanol–water partition coefficient (Wildman–Crippen LogP) is 4.25. The van der Waals surface area contributed by atoms with Crippen LogP contribution in [-0.2, 0) is 0 Å². The van der Waals surface area contributed by atoms with E-state index in [9.17, 15) is 0 Å². The summed E-state index contributed by atoms with van der Waals surface area (Å²) in [6, 6.07) is 6.50. The highest BCUT2D eigenvalue weighted by Gasteiger charge is 2.04. The van der Waals surface area contributed by atoms with Crippen molar-refractivity contribution in [3.63, 3.8) is 0 Å². The maximum Gasteiger partial charge on any atom is 0.183 e. The zero-order valence-electron chi connectivity index (χ0n) is 10.6. The maximum absolute atomic E-state index is 4.60. The van der Waals surface area contributed by atoms with Gasteiger partial charge in [0, 0.05) is 17.5 Å². The van der Waals surface area contributed by atoms with E-state index in [1.54, 1.807) is 11.3 Å². The lowest BCUT2D eigenvalue weighted by Gasteiger charge is -2.02. The van der Waals surface area contributed by atoms with Crippen LogP contribution in [0.1, 0.15) is 24.5 Å². The van der Waals surface area contributed by atoms with E-state index in [2.05, 4.69) is 54.7 Å². The summed E-state index contributed by atoms with van der Waals surface area (Å²) >= 11 is 1.67. The lowest BCUT2D eigenvalue weighted by Crippen LogP contribution is -1.98. The predicted molar refractivity (Wildman–Crippen MR) is 75.8 cm³/mol. The Morgan fingerprint density at radius 1 is 1.24 bits per heavy atom. The van der Waals surface area contributed by atoms with Crippen LogP contribution < -0.4 is 5.32 Å². The van der Waals surface area contributed by atoms with Crippen molar-refractivity contribution >= 4 is 16.5 Å². The number of nitrogens with zero attached hydrogens (tertiary/aromatic N) is 1. The number of benzene rings is 1. The molecular weight excluding hydrogens is 228 g/mol. The highest BCUT2D eigenvalue weighted by atomic mass is 32.1. The van der Waals surface area contributed by atoms with Gasteiger partial charge in [-0.3, -0.25) is 0 Å². The molecule has 2 nitrogen and oxygen atoms in total. The standard InChI is InChI=1S/C14H18N2S/c1-4-7-15-14-16-13(9-17-14)12-6-5-10(2)11(3)8-12/h5-6,8-9H,4,7H2,1-3H3,(H,15,16). The van der Waals surface area contributed by atoms with Gasteiger partial charge in [0.05, 0.1) is 5.69 Å². The van der Waals surface area contributed by atoms with Crippen LogP contribution >= 0.6 is 11.3 Å². The molecule has 90 valence electrons. The number of aryl methyl sites for hydroxylation is 2. The Morgan fingerprint density at radius 3 is 2.76 bits per heavy atom. The lowest BCUT2D eigenvalue weighted by atomic mass is 10.1. The third kappa shape index (κ3) is 2.86. The minimum atomic E-state index is 0.986. The van der Waals surface area contributed by atoms with Gasteiger partial charge in [0.15, 0.2) is 5.13 Å². The fourth-order valence-corrected chi connectivity index (χ4v) is 2.37. The van der Waals surface area contributed by atoms with Gasteiger partial charge in [-0.2, -0.15) is 0 Å². The summed E-state index contributed by atoms with van der Waals surface area (Å²) < 4.78 is 0. The average molecular weight is 246 g/mol. The molecular formula is C14H18N2S. The van der Waals surface area contributed by atoms with Gasteiger partial charge in [-0.25, -0.2) is 4.98 Å². The quantitative estimate of drug-likeness (QED) is 0.872. The summed E-state index contributed by atoms with van der Waals surface area (Å²) in [5, 5.41) is 6.45. The second kappa shape index (κ2) is 5.32. The maximum atomic E-state index is 4.60. The first-order valence-corrected chi connectivity index (χ1v) is 6.85. The van der Waals surface area contributed by atoms with E-state index in [1.807, 2.05) is 0 Å². The minimum Gasteiger partial charge on any atom is -0.362 e. The van der Waals surface area contributed by atoms with Gasteiger partial charge < -0.3 is 5.32 Å². The molecule has 0 bridgehead atoms. The molecule has 0 spiro atoms. The van der Waals surface area contributed by atoms with Crippen molar-refractivity contribution in [2.75, 3.05) is 11.9 Å². The molecule has 17 heavy (non-hydrogen) atoms. The smallest absolute Gasteiger partial charge is 0.183 e. The van der Waals surface area contributed by atoms with Gasteiger partial charge in [-0.1, -0.05) is 19.1 Å². The molecule has 0 aliphatic rings. The second-order valence-electron chi connectivity index (χ2n) is 4.26. The fraction of sp³-hybridized carbons (Fsp3) is 0.357. The van der Waals surface area contributed by atoms with E-state index in [1.165, 1.54) is 16.7 Å². The zero-order chi connectivity index (χ0) is 12.3. The molecule has 0 unspecified atom stereocenters. The van der Waals surface area contributed by atoms with E-state index in [0.717, 1.165) is 23.8 Å². The SMILES string of the molecule is CCCNc1nc(-c2ccc(C)c(C)c2)cs1. The zero-order valence-corrected chi connectivity index (χ0v) is 11.4. The molecule has 2 rings (SSSR count). The monoisotopic (exact) mass is 246 g/mol. The van der Waals surface area contributed by atoms with Crippen LogP contribution in [0.4, 0.5) is 5.13 Å². The van der Waals surface area contributed by atoms with E-state index in [4.69, 9.17) is 0 Å². The van der Waals surface area contributed by atoms with E-state index in [-0.39, 0.29) is 0 Å². The number of thiazole rings is 1. The minimum absolute atomic E-state index is 0.986. The van der Waals surface area contributed by atoms with Crippen molar-refractivity contribution in [1.82, 2.24) is 4.98 Å². The van der Waals surface area contributed by atoms with Gasteiger partial charge >= 0.3 is 0 Å². The Bertz CT molecular complexity index is 503. The molecule has 0 amide bonds. The van der Waals surface area contributed by atoms with Gasteiger partial charge in [-0.05, 0) is 37.5 Å². The Hall–Kier alpha value is -1.35. The molecule has 0 radical (unpaired) electrons. The van der Waals surface area contributed by atoms with Crippen molar-refractivity contribution in [3.8, 4) is 11.3 Å². The number of aromatic nitrogens is 1. The number of rotatable bonds is 4. The molecule has 1 N–H and O–H groups in total. The van der Waals surface area contributed by atoms with Crippen LogP contribution in [0.25, 0.3) is 11.3 Å². The molecule has 1 heterocycles. The Labute approximate surface area is 107 Å². The molecule has 1 aromatic carbocycles. The third-order valence-electron chi connectivity index (χ3n) is 2.83. The van der Waals surface area contributed by atoms with Crippen molar-refractivity contribution in [2.45, 2.75) is 27.2 Å². The van der Waals surface area contributed by atoms with Crippen LogP contribution in [0.2, 0.25) is 0 Å². The molecule has 0 saturated heterocycles. The largest absolute Gasteiger partial charge is 0.362 e. The van der Waals surface area contributed by atoms with Crippen LogP contribution in [0.3, 0.4) is 0 Å². The molecule has 2 aromatic rings. The first-order chi connectivity index (χ1) is 8.20. The Balaban J connectivity index is 2.21. The molecule has 3 heteroatoms. The topological polar surface area (TPSA) is 24.9 Å². The van der Waals surface area contributed by atoms with Gasteiger partial charge in [0.1, 0.15) is 0 Å². The van der Waals surface area contributed by atoms with Crippen LogP contribution in [-0.4, -0.2) is 11.5 Å². The molecule has 0 aliphatic carbocycles. The third-order valence-corrected chi connectivity index (χ3v) is 3.63. The summed E-state index contributed by atoms with van der Waals surface area (Å²) in [5.74, 6) is 0. The van der Waals surface area contributed by atoms with E-state index in [0.29, 0.717) is 0 Å². The van der Waals surface area contributed by atoms with Gasteiger partial charge in [0.25, 0.3) is 0 Å². The van der Waals surface area contributed by atoms with Crippen molar-refractivity contribution in [3.05, 3.63) is 34.7 Å². The van der Waals surface area contributed by atoms with Crippen molar-refractivity contribution < 1.29 is 0 Å². The van der Waals surface area contributed by atoms with Gasteiger partial charge in [-0.15, -0.1) is 11.3 Å². The van der Waals surface area contributed by atoms with Crippen LogP contribution in [0.5, 0.6) is 0 Å². The molecule has 0 atom stereocenters. The van der Waals surface area contributed by atoms with Crippen molar-refractivity contribution in [1.29, 1.82) is 0 Å². The summed E-state index contributed by atoms with van der Waals surface area (Å²) in [7, 11) is 0. The fourth-order valence-electron chi connectivity index (χ4n) is 1.62. The number of anilines is 1. The highest BCUT2D eigenvalue weighted by Crippen LogP contribution is 2.26. The second-order valence-corrected chi connectivity index (χ2v) is 5.12. The van der Waals surface area contributed by atoms with Crippen LogP contribution in [0.15, 0.2) is 23.6 Å². The summed E-state index contributed by atoms with van der Waals surface area (Å²) in [4.78, 5) is 4.60. The van der Waals surface area contributed by atoms with Gasteiger partial charge in [0.2, 0.25) is 0 Å². The molecule has 0 aliphatic heterocycles. The van der Waals surface area contributed by atoms with E-state index >= 15 is 0 Å².